The van der Waals surface area contributed by atoms with Gasteiger partial charge in [0.15, 0.2) is 6.61 Å². The van der Waals surface area contributed by atoms with Crippen LogP contribution in [0, 0.1) is 5.41 Å². The van der Waals surface area contributed by atoms with E-state index in [4.69, 9.17) is 4.74 Å². The van der Waals surface area contributed by atoms with Crippen molar-refractivity contribution in [3.8, 4) is 5.75 Å². The molecule has 2 N–H and O–H groups in total. The quantitative estimate of drug-likeness (QED) is 0.714. The third kappa shape index (κ3) is 5.09. The average molecular weight is 281 g/mol. The minimum Gasteiger partial charge on any atom is -0.482 e. The second kappa shape index (κ2) is 7.75. The van der Waals surface area contributed by atoms with Gasteiger partial charge in [-0.3, -0.25) is 0 Å². The second-order valence-electron chi connectivity index (χ2n) is 5.07. The molecule has 0 radical (unpaired) electrons. The maximum Gasteiger partial charge on any atom is 0.343 e. The molecule has 0 aliphatic carbocycles. The second-order valence-corrected chi connectivity index (χ2v) is 5.07. The number of carbonyl (C=O) groups is 1. The van der Waals surface area contributed by atoms with Crippen molar-refractivity contribution in [3.05, 3.63) is 24.3 Å². The number of anilines is 1. The SMILES string of the molecule is CCC(C)(CO)CNc1ccc(OCC(=O)OC)cc1. The number of aliphatic hydroxyl groups excluding tert-OH is 1. The molecule has 1 aromatic rings. The number of methoxy groups -OCH3 is 1. The molecular weight excluding hydrogens is 258 g/mol. The van der Waals surface area contributed by atoms with E-state index in [9.17, 15) is 9.90 Å². The van der Waals surface area contributed by atoms with Gasteiger partial charge in [-0.2, -0.15) is 0 Å². The van der Waals surface area contributed by atoms with Crippen LogP contribution in [0.4, 0.5) is 5.69 Å². The Morgan fingerprint density at radius 2 is 2.00 bits per heavy atom. The minimum absolute atomic E-state index is 0.0955. The van der Waals surface area contributed by atoms with Gasteiger partial charge >= 0.3 is 5.97 Å². The fraction of sp³-hybridized carbons (Fsp3) is 0.533. The zero-order valence-electron chi connectivity index (χ0n) is 12.3. The summed E-state index contributed by atoms with van der Waals surface area (Å²) < 4.78 is 9.76. The summed E-state index contributed by atoms with van der Waals surface area (Å²) in [6.07, 6.45) is 0.900. The number of ether oxygens (including phenoxy) is 2. The van der Waals surface area contributed by atoms with Crippen molar-refractivity contribution in [2.24, 2.45) is 5.41 Å². The van der Waals surface area contributed by atoms with Gasteiger partial charge in [-0.25, -0.2) is 4.79 Å². The van der Waals surface area contributed by atoms with E-state index in [-0.39, 0.29) is 18.6 Å². The highest BCUT2D eigenvalue weighted by molar-refractivity contribution is 5.70. The Morgan fingerprint density at radius 1 is 1.35 bits per heavy atom. The molecule has 0 saturated heterocycles. The van der Waals surface area contributed by atoms with Crippen LogP contribution in [0.3, 0.4) is 0 Å². The lowest BCUT2D eigenvalue weighted by molar-refractivity contribution is -0.142. The van der Waals surface area contributed by atoms with Gasteiger partial charge in [-0.05, 0) is 30.7 Å². The molecule has 1 atom stereocenters. The zero-order chi connectivity index (χ0) is 15.0. The van der Waals surface area contributed by atoms with E-state index < -0.39 is 5.97 Å². The van der Waals surface area contributed by atoms with Crippen molar-refractivity contribution < 1.29 is 19.4 Å². The molecular formula is C15H23NO4. The van der Waals surface area contributed by atoms with Crippen LogP contribution < -0.4 is 10.1 Å². The summed E-state index contributed by atoms with van der Waals surface area (Å²) in [5.74, 6) is 0.204. The molecule has 0 aliphatic rings. The first-order chi connectivity index (χ1) is 9.53. The first kappa shape index (κ1) is 16.3. The molecule has 0 spiro atoms. The number of carbonyl (C=O) groups excluding carboxylic acids is 1. The molecule has 0 heterocycles. The van der Waals surface area contributed by atoms with Gasteiger partial charge in [0, 0.05) is 17.6 Å². The van der Waals surface area contributed by atoms with Crippen molar-refractivity contribution in [2.75, 3.05) is 32.2 Å². The number of hydrogen-bond acceptors (Lipinski definition) is 5. The van der Waals surface area contributed by atoms with Crippen molar-refractivity contribution in [1.29, 1.82) is 0 Å². The van der Waals surface area contributed by atoms with Gasteiger partial charge in [-0.1, -0.05) is 13.8 Å². The summed E-state index contributed by atoms with van der Waals surface area (Å²) in [5, 5.41) is 12.6. The maximum absolute atomic E-state index is 10.9. The van der Waals surface area contributed by atoms with Gasteiger partial charge in [0.1, 0.15) is 5.75 Å². The van der Waals surface area contributed by atoms with Gasteiger partial charge in [-0.15, -0.1) is 0 Å². The number of benzene rings is 1. The maximum atomic E-state index is 10.9. The lowest BCUT2D eigenvalue weighted by Crippen LogP contribution is -2.29. The highest BCUT2D eigenvalue weighted by Gasteiger charge is 2.20. The molecule has 0 bridgehead atoms. The summed E-state index contributed by atoms with van der Waals surface area (Å²) in [7, 11) is 1.32. The smallest absolute Gasteiger partial charge is 0.343 e. The predicted molar refractivity (Wildman–Crippen MR) is 77.9 cm³/mol. The Hall–Kier alpha value is -1.75. The molecule has 1 aromatic carbocycles. The molecule has 0 fully saturated rings. The van der Waals surface area contributed by atoms with Gasteiger partial charge in [0.05, 0.1) is 13.7 Å². The third-order valence-electron chi connectivity index (χ3n) is 3.39. The number of nitrogens with one attached hydrogen (secondary N) is 1. The summed E-state index contributed by atoms with van der Waals surface area (Å²) in [5.41, 5.74) is 0.823. The van der Waals surface area contributed by atoms with E-state index in [0.717, 1.165) is 12.1 Å². The lowest BCUT2D eigenvalue weighted by Gasteiger charge is -2.26. The van der Waals surface area contributed by atoms with Crippen molar-refractivity contribution in [2.45, 2.75) is 20.3 Å². The van der Waals surface area contributed by atoms with Gasteiger partial charge < -0.3 is 19.9 Å². The fourth-order valence-corrected chi connectivity index (χ4v) is 1.48. The molecule has 0 saturated carbocycles. The average Bonchev–Trinajstić information content (AvgIpc) is 2.51. The largest absolute Gasteiger partial charge is 0.482 e. The van der Waals surface area contributed by atoms with Crippen molar-refractivity contribution >= 4 is 11.7 Å². The van der Waals surface area contributed by atoms with Crippen LogP contribution >= 0.6 is 0 Å². The summed E-state index contributed by atoms with van der Waals surface area (Å²) in [4.78, 5) is 10.9. The normalized spacial score (nSPS) is 13.4. The van der Waals surface area contributed by atoms with Crippen LogP contribution in [0.2, 0.25) is 0 Å². The number of aliphatic hydroxyl groups is 1. The Bertz CT molecular complexity index is 412. The van der Waals surface area contributed by atoms with Crippen molar-refractivity contribution in [3.63, 3.8) is 0 Å². The third-order valence-corrected chi connectivity index (χ3v) is 3.39. The van der Waals surface area contributed by atoms with Crippen molar-refractivity contribution in [1.82, 2.24) is 0 Å². The van der Waals surface area contributed by atoms with Gasteiger partial charge in [0.2, 0.25) is 0 Å². The Kier molecular flexibility index (Phi) is 6.31. The first-order valence-corrected chi connectivity index (χ1v) is 6.67. The van der Waals surface area contributed by atoms with Crippen LogP contribution in [-0.4, -0.2) is 37.9 Å². The molecule has 0 aliphatic heterocycles. The first-order valence-electron chi connectivity index (χ1n) is 6.67. The van der Waals surface area contributed by atoms with E-state index >= 15 is 0 Å². The standard InChI is InChI=1S/C15H23NO4/c1-4-15(2,11-17)10-16-12-5-7-13(8-6-12)20-9-14(18)19-3/h5-8,16-17H,4,9-11H2,1-3H3. The van der Waals surface area contributed by atoms with E-state index in [1.165, 1.54) is 7.11 Å². The van der Waals surface area contributed by atoms with E-state index in [0.29, 0.717) is 12.3 Å². The molecule has 112 valence electrons. The van der Waals surface area contributed by atoms with Crippen LogP contribution in [0.15, 0.2) is 24.3 Å². The number of esters is 1. The summed E-state index contributed by atoms with van der Waals surface area (Å²) in [6, 6.07) is 7.32. The zero-order valence-corrected chi connectivity index (χ0v) is 12.3. The molecule has 20 heavy (non-hydrogen) atoms. The molecule has 1 rings (SSSR count). The Labute approximate surface area is 119 Å². The highest BCUT2D eigenvalue weighted by atomic mass is 16.6. The number of rotatable bonds is 8. The Morgan fingerprint density at radius 3 is 2.50 bits per heavy atom. The minimum atomic E-state index is -0.408. The molecule has 0 amide bonds. The molecule has 1 unspecified atom stereocenters. The van der Waals surface area contributed by atoms with Crippen LogP contribution in [0.25, 0.3) is 0 Å². The van der Waals surface area contributed by atoms with Crippen LogP contribution in [0.5, 0.6) is 5.75 Å². The van der Waals surface area contributed by atoms with Crippen LogP contribution in [-0.2, 0) is 9.53 Å². The predicted octanol–water partition coefficient (Wildman–Crippen LogP) is 2.06. The fourth-order valence-electron chi connectivity index (χ4n) is 1.48. The van der Waals surface area contributed by atoms with E-state index in [1.807, 2.05) is 19.1 Å². The monoisotopic (exact) mass is 281 g/mol. The summed E-state index contributed by atoms with van der Waals surface area (Å²) >= 11 is 0. The van der Waals surface area contributed by atoms with Gasteiger partial charge in [0.25, 0.3) is 0 Å². The van der Waals surface area contributed by atoms with E-state index in [1.54, 1.807) is 12.1 Å². The van der Waals surface area contributed by atoms with Crippen LogP contribution in [0.1, 0.15) is 20.3 Å². The topological polar surface area (TPSA) is 67.8 Å². The Balaban J connectivity index is 2.48. The molecule has 5 heteroatoms. The van der Waals surface area contributed by atoms with E-state index in [2.05, 4.69) is 17.0 Å². The number of hydrogen-bond donors (Lipinski definition) is 2. The molecule has 5 nitrogen and oxygen atoms in total. The summed E-state index contributed by atoms with van der Waals surface area (Å²) in [6.45, 7) is 4.84. The lowest BCUT2D eigenvalue weighted by atomic mass is 9.88. The highest BCUT2D eigenvalue weighted by Crippen LogP contribution is 2.22. The molecule has 0 aromatic heterocycles.